The number of halogens is 3. The van der Waals surface area contributed by atoms with Crippen LogP contribution in [0.4, 0.5) is 18.9 Å². The summed E-state index contributed by atoms with van der Waals surface area (Å²) in [5, 5.41) is 2.42. The van der Waals surface area contributed by atoms with Gasteiger partial charge in [-0.3, -0.25) is 4.79 Å². The molecule has 0 spiro atoms. The molecule has 1 N–H and O–H groups in total. The lowest BCUT2D eigenvalue weighted by Crippen LogP contribution is -2.19. The van der Waals surface area contributed by atoms with Gasteiger partial charge in [-0.1, -0.05) is 0 Å². The molecule has 1 aromatic carbocycles. The predicted molar refractivity (Wildman–Crippen MR) is 52.4 cm³/mol. The maximum Gasteiger partial charge on any atom is 0.422 e. The van der Waals surface area contributed by atoms with E-state index in [2.05, 4.69) is 10.1 Å². The molecule has 0 aliphatic heterocycles. The third-order valence-corrected chi connectivity index (χ3v) is 1.81. The van der Waals surface area contributed by atoms with Crippen molar-refractivity contribution in [2.24, 2.45) is 0 Å². The number of ether oxygens (including phenoxy) is 1. The lowest BCUT2D eigenvalue weighted by molar-refractivity contribution is -0.153. The van der Waals surface area contributed by atoms with Crippen molar-refractivity contribution in [1.29, 1.82) is 0 Å². The summed E-state index contributed by atoms with van der Waals surface area (Å²) in [6.07, 6.45) is -3.85. The summed E-state index contributed by atoms with van der Waals surface area (Å²) < 4.78 is 40.1. The van der Waals surface area contributed by atoms with Gasteiger partial charge in [0, 0.05) is 5.69 Å². The van der Waals surface area contributed by atoms with Crippen LogP contribution in [-0.4, -0.2) is 19.2 Å². The molecule has 1 aromatic rings. The fourth-order valence-corrected chi connectivity index (χ4v) is 1.12. The zero-order valence-corrected chi connectivity index (χ0v) is 8.47. The van der Waals surface area contributed by atoms with Crippen molar-refractivity contribution in [3.05, 3.63) is 23.8 Å². The molecule has 1 amide bonds. The second-order valence-corrected chi connectivity index (χ2v) is 3.14. The Kier molecular flexibility index (Phi) is 3.76. The van der Waals surface area contributed by atoms with Crippen molar-refractivity contribution in [1.82, 2.24) is 0 Å². The molecule has 0 saturated heterocycles. The Hall–Kier alpha value is -1.72. The number of nitrogens with one attached hydrogen (secondary N) is 1. The van der Waals surface area contributed by atoms with E-state index in [9.17, 15) is 18.0 Å². The number of carbonyl (C=O) groups excluding carboxylic acids is 1. The highest BCUT2D eigenvalue weighted by Crippen LogP contribution is 2.23. The van der Waals surface area contributed by atoms with Gasteiger partial charge in [-0.15, -0.1) is 0 Å². The van der Waals surface area contributed by atoms with Gasteiger partial charge >= 0.3 is 6.18 Å². The first-order valence-corrected chi connectivity index (χ1v) is 4.43. The third-order valence-electron chi connectivity index (χ3n) is 1.81. The number of rotatable bonds is 4. The Morgan fingerprint density at radius 1 is 1.44 bits per heavy atom. The first-order chi connectivity index (χ1) is 7.42. The molecular formula is C10H10F3NO2. The monoisotopic (exact) mass is 233 g/mol. The van der Waals surface area contributed by atoms with Crippen LogP contribution in [0.1, 0.15) is 5.56 Å². The maximum absolute atomic E-state index is 11.9. The quantitative estimate of drug-likeness (QED) is 0.811. The Balaban J connectivity index is 2.70. The minimum absolute atomic E-state index is 0.117. The Labute approximate surface area is 90.2 Å². The molecule has 0 aromatic heterocycles. The van der Waals surface area contributed by atoms with Crippen LogP contribution < -0.4 is 10.1 Å². The Bertz CT molecular complexity index is 377. The van der Waals surface area contributed by atoms with Crippen LogP contribution in [0, 0.1) is 6.92 Å². The number of hydrogen-bond donors (Lipinski definition) is 1. The first-order valence-electron chi connectivity index (χ1n) is 4.43. The van der Waals surface area contributed by atoms with Gasteiger partial charge in [0.25, 0.3) is 0 Å². The highest BCUT2D eigenvalue weighted by atomic mass is 19.4. The second-order valence-electron chi connectivity index (χ2n) is 3.14. The molecule has 0 saturated carbocycles. The van der Waals surface area contributed by atoms with Crippen molar-refractivity contribution in [2.75, 3.05) is 11.9 Å². The van der Waals surface area contributed by atoms with Crippen molar-refractivity contribution in [2.45, 2.75) is 13.1 Å². The molecule has 0 bridgehead atoms. The molecule has 0 aliphatic carbocycles. The van der Waals surface area contributed by atoms with E-state index in [0.717, 1.165) is 0 Å². The van der Waals surface area contributed by atoms with Crippen molar-refractivity contribution < 1.29 is 22.7 Å². The number of alkyl halides is 3. The summed E-state index contributed by atoms with van der Waals surface area (Å²) in [4.78, 5) is 10.2. The van der Waals surface area contributed by atoms with Gasteiger partial charge in [0.05, 0.1) is 0 Å². The highest BCUT2D eigenvalue weighted by molar-refractivity contribution is 5.73. The van der Waals surface area contributed by atoms with E-state index >= 15 is 0 Å². The van der Waals surface area contributed by atoms with Gasteiger partial charge in [0.1, 0.15) is 5.75 Å². The van der Waals surface area contributed by atoms with Gasteiger partial charge in [-0.2, -0.15) is 13.2 Å². The van der Waals surface area contributed by atoms with E-state index < -0.39 is 12.8 Å². The average Bonchev–Trinajstić information content (AvgIpc) is 2.18. The number of anilines is 1. The van der Waals surface area contributed by atoms with E-state index in [4.69, 9.17) is 0 Å². The van der Waals surface area contributed by atoms with Gasteiger partial charge in [-0.05, 0) is 30.7 Å². The standard InChI is InChI=1S/C10H10F3NO2/c1-7-4-8(16-5-10(11,12)13)2-3-9(7)14-6-15/h2-4,6H,5H2,1H3,(H,14,15). The average molecular weight is 233 g/mol. The molecule has 0 atom stereocenters. The van der Waals surface area contributed by atoms with Crippen LogP contribution >= 0.6 is 0 Å². The number of benzene rings is 1. The summed E-state index contributed by atoms with van der Waals surface area (Å²) in [7, 11) is 0. The molecule has 0 heterocycles. The Morgan fingerprint density at radius 2 is 2.12 bits per heavy atom. The molecule has 0 unspecified atom stereocenters. The minimum atomic E-state index is -4.35. The Morgan fingerprint density at radius 3 is 2.62 bits per heavy atom. The number of carbonyl (C=O) groups is 1. The molecule has 0 aliphatic rings. The van der Waals surface area contributed by atoms with E-state index in [-0.39, 0.29) is 5.75 Å². The van der Waals surface area contributed by atoms with Crippen LogP contribution in [-0.2, 0) is 4.79 Å². The fourth-order valence-electron chi connectivity index (χ4n) is 1.12. The zero-order chi connectivity index (χ0) is 12.2. The third kappa shape index (κ3) is 3.80. The van der Waals surface area contributed by atoms with Crippen LogP contribution in [0.5, 0.6) is 5.75 Å². The number of aryl methyl sites for hydroxylation is 1. The SMILES string of the molecule is Cc1cc(OCC(F)(F)F)ccc1NC=O. The van der Waals surface area contributed by atoms with Gasteiger partial charge in [0.15, 0.2) is 6.61 Å². The summed E-state index contributed by atoms with van der Waals surface area (Å²) in [6, 6.07) is 4.28. The van der Waals surface area contributed by atoms with Crippen molar-refractivity contribution in [3.8, 4) is 5.75 Å². The zero-order valence-electron chi connectivity index (χ0n) is 8.47. The first kappa shape index (κ1) is 12.4. The normalized spacial score (nSPS) is 11.0. The molecule has 3 nitrogen and oxygen atoms in total. The van der Waals surface area contributed by atoms with E-state index in [1.807, 2.05) is 0 Å². The van der Waals surface area contributed by atoms with E-state index in [1.54, 1.807) is 6.92 Å². The smallest absolute Gasteiger partial charge is 0.422 e. The number of hydrogen-bond acceptors (Lipinski definition) is 2. The molecule has 6 heteroatoms. The van der Waals surface area contributed by atoms with E-state index in [0.29, 0.717) is 17.7 Å². The number of amides is 1. The van der Waals surface area contributed by atoms with Gasteiger partial charge in [-0.25, -0.2) is 0 Å². The molecular weight excluding hydrogens is 223 g/mol. The molecule has 0 radical (unpaired) electrons. The largest absolute Gasteiger partial charge is 0.484 e. The van der Waals surface area contributed by atoms with Crippen LogP contribution in [0.15, 0.2) is 18.2 Å². The topological polar surface area (TPSA) is 38.3 Å². The summed E-state index contributed by atoms with van der Waals surface area (Å²) in [5.41, 5.74) is 1.17. The van der Waals surface area contributed by atoms with Crippen molar-refractivity contribution >= 4 is 12.1 Å². The molecule has 88 valence electrons. The van der Waals surface area contributed by atoms with E-state index in [1.165, 1.54) is 18.2 Å². The maximum atomic E-state index is 11.9. The highest BCUT2D eigenvalue weighted by Gasteiger charge is 2.28. The van der Waals surface area contributed by atoms with Gasteiger partial charge in [0.2, 0.25) is 6.41 Å². The van der Waals surface area contributed by atoms with Crippen LogP contribution in [0.3, 0.4) is 0 Å². The molecule has 1 rings (SSSR count). The van der Waals surface area contributed by atoms with Crippen LogP contribution in [0.25, 0.3) is 0 Å². The lowest BCUT2D eigenvalue weighted by atomic mass is 10.2. The predicted octanol–water partition coefficient (Wildman–Crippen LogP) is 2.50. The van der Waals surface area contributed by atoms with Gasteiger partial charge < -0.3 is 10.1 Å². The second kappa shape index (κ2) is 4.87. The summed E-state index contributed by atoms with van der Waals surface area (Å²) in [6.45, 7) is 0.333. The van der Waals surface area contributed by atoms with Crippen molar-refractivity contribution in [3.63, 3.8) is 0 Å². The minimum Gasteiger partial charge on any atom is -0.484 e. The molecule has 16 heavy (non-hydrogen) atoms. The lowest BCUT2D eigenvalue weighted by Gasteiger charge is -2.11. The fraction of sp³-hybridized carbons (Fsp3) is 0.300. The summed E-state index contributed by atoms with van der Waals surface area (Å²) >= 11 is 0. The summed E-state index contributed by atoms with van der Waals surface area (Å²) in [5.74, 6) is 0.117. The van der Waals surface area contributed by atoms with Crippen LogP contribution in [0.2, 0.25) is 0 Å². The molecule has 0 fully saturated rings.